The average Bonchev–Trinajstić information content (AvgIpc) is 3.25. The summed E-state index contributed by atoms with van der Waals surface area (Å²) in [5.74, 6) is -0.270. The third-order valence-electron chi connectivity index (χ3n) is 4.61. The largest absolute Gasteiger partial charge is 0.368 e. The van der Waals surface area contributed by atoms with Gasteiger partial charge >= 0.3 is 0 Å². The lowest BCUT2D eigenvalue weighted by Crippen LogP contribution is -2.29. The van der Waals surface area contributed by atoms with Crippen LogP contribution in [0.5, 0.6) is 0 Å². The number of halogens is 1. The molecule has 2 aromatic rings. The van der Waals surface area contributed by atoms with Gasteiger partial charge in [0.25, 0.3) is 5.91 Å². The monoisotopic (exact) mass is 361 g/mol. The van der Waals surface area contributed by atoms with Crippen molar-refractivity contribution in [1.29, 1.82) is 0 Å². The molecule has 1 saturated heterocycles. The van der Waals surface area contributed by atoms with Crippen molar-refractivity contribution in [2.45, 2.75) is 38.5 Å². The second kappa shape index (κ2) is 7.19. The maximum atomic E-state index is 13.8. The number of amides is 1. The number of fused-ring (bicyclic) bond motifs is 1. The molecule has 0 saturated carbocycles. The predicted octanol–water partition coefficient (Wildman–Crippen LogP) is 2.96. The number of nitrogens with zero attached hydrogens (tertiary/aromatic N) is 2. The molecular formula is C18H20FN3O2S. The van der Waals surface area contributed by atoms with Crippen LogP contribution in [0, 0.1) is 5.82 Å². The van der Waals surface area contributed by atoms with Gasteiger partial charge in [-0.05, 0) is 18.9 Å². The van der Waals surface area contributed by atoms with Crippen molar-refractivity contribution in [3.8, 4) is 0 Å². The molecule has 7 heteroatoms. The highest BCUT2D eigenvalue weighted by atomic mass is 32.1. The lowest BCUT2D eigenvalue weighted by atomic mass is 10.1. The SMILES string of the molecule is O=C(Nc1nc2c(s1)CN(Cc1ccccc1F)CC2)C1CCCO1. The second-order valence-corrected chi connectivity index (χ2v) is 7.52. The summed E-state index contributed by atoms with van der Waals surface area (Å²) >= 11 is 1.51. The molecule has 1 aromatic carbocycles. The molecule has 25 heavy (non-hydrogen) atoms. The standard InChI is InChI=1S/C18H20FN3O2S/c19-13-5-2-1-4-12(13)10-22-8-7-14-16(11-22)25-18(20-14)21-17(23)15-6-3-9-24-15/h1-2,4-5,15H,3,6-11H2,(H,20,21,23). The van der Waals surface area contributed by atoms with Crippen molar-refractivity contribution in [1.82, 2.24) is 9.88 Å². The lowest BCUT2D eigenvalue weighted by Gasteiger charge is -2.25. The van der Waals surface area contributed by atoms with Gasteiger partial charge in [0.2, 0.25) is 0 Å². The van der Waals surface area contributed by atoms with Gasteiger partial charge in [0.15, 0.2) is 5.13 Å². The summed E-state index contributed by atoms with van der Waals surface area (Å²) in [5.41, 5.74) is 1.75. The van der Waals surface area contributed by atoms with E-state index >= 15 is 0 Å². The van der Waals surface area contributed by atoms with Gasteiger partial charge in [0, 0.05) is 43.1 Å². The Morgan fingerprint density at radius 2 is 2.32 bits per heavy atom. The number of hydrogen-bond donors (Lipinski definition) is 1. The van der Waals surface area contributed by atoms with E-state index in [2.05, 4.69) is 15.2 Å². The van der Waals surface area contributed by atoms with Crippen molar-refractivity contribution < 1.29 is 13.9 Å². The van der Waals surface area contributed by atoms with Crippen LogP contribution in [0.2, 0.25) is 0 Å². The van der Waals surface area contributed by atoms with Crippen molar-refractivity contribution >= 4 is 22.4 Å². The molecule has 1 unspecified atom stereocenters. The molecule has 1 amide bonds. The van der Waals surface area contributed by atoms with E-state index in [1.165, 1.54) is 17.4 Å². The molecular weight excluding hydrogens is 341 g/mol. The van der Waals surface area contributed by atoms with Crippen molar-refractivity contribution in [3.63, 3.8) is 0 Å². The Balaban J connectivity index is 1.40. The lowest BCUT2D eigenvalue weighted by molar-refractivity contribution is -0.124. The molecule has 2 aliphatic heterocycles. The summed E-state index contributed by atoms with van der Waals surface area (Å²) in [4.78, 5) is 20.1. The highest BCUT2D eigenvalue weighted by molar-refractivity contribution is 7.15. The number of thiazole rings is 1. The number of aromatic nitrogens is 1. The molecule has 0 aliphatic carbocycles. The molecule has 0 bridgehead atoms. The first-order valence-electron chi connectivity index (χ1n) is 8.56. The van der Waals surface area contributed by atoms with Crippen LogP contribution >= 0.6 is 11.3 Å². The Kier molecular flexibility index (Phi) is 4.78. The molecule has 0 radical (unpaired) electrons. The summed E-state index contributed by atoms with van der Waals surface area (Å²) < 4.78 is 19.2. The molecule has 1 fully saturated rings. The highest BCUT2D eigenvalue weighted by Crippen LogP contribution is 2.29. The summed E-state index contributed by atoms with van der Waals surface area (Å²) in [5, 5.41) is 3.52. The summed E-state index contributed by atoms with van der Waals surface area (Å²) in [6, 6.07) is 6.89. The zero-order valence-corrected chi connectivity index (χ0v) is 14.7. The van der Waals surface area contributed by atoms with E-state index in [9.17, 15) is 9.18 Å². The molecule has 2 aliphatic rings. The summed E-state index contributed by atoms with van der Waals surface area (Å²) in [7, 11) is 0. The van der Waals surface area contributed by atoms with Gasteiger partial charge in [-0.25, -0.2) is 9.37 Å². The van der Waals surface area contributed by atoms with Gasteiger partial charge in [-0.3, -0.25) is 15.0 Å². The molecule has 132 valence electrons. The number of hydrogen-bond acceptors (Lipinski definition) is 5. The molecule has 1 aromatic heterocycles. The van der Waals surface area contributed by atoms with Crippen LogP contribution < -0.4 is 5.32 Å². The Morgan fingerprint density at radius 1 is 1.44 bits per heavy atom. The molecule has 5 nitrogen and oxygen atoms in total. The van der Waals surface area contributed by atoms with E-state index < -0.39 is 0 Å². The highest BCUT2D eigenvalue weighted by Gasteiger charge is 2.26. The fourth-order valence-electron chi connectivity index (χ4n) is 3.27. The summed E-state index contributed by atoms with van der Waals surface area (Å²) in [6.07, 6.45) is 2.17. The van der Waals surface area contributed by atoms with Gasteiger partial charge < -0.3 is 4.74 Å². The Morgan fingerprint density at radius 3 is 3.12 bits per heavy atom. The molecule has 4 rings (SSSR count). The van der Waals surface area contributed by atoms with Crippen molar-refractivity contribution in [2.75, 3.05) is 18.5 Å². The van der Waals surface area contributed by atoms with Gasteiger partial charge in [-0.2, -0.15) is 0 Å². The normalized spacial score (nSPS) is 20.4. The number of carbonyl (C=O) groups excluding carboxylic acids is 1. The Hall–Kier alpha value is -1.83. The quantitative estimate of drug-likeness (QED) is 0.910. The molecule has 0 spiro atoms. The van der Waals surface area contributed by atoms with Gasteiger partial charge in [0.05, 0.1) is 5.69 Å². The smallest absolute Gasteiger partial charge is 0.255 e. The zero-order valence-electron chi connectivity index (χ0n) is 13.8. The third-order valence-corrected chi connectivity index (χ3v) is 5.61. The minimum Gasteiger partial charge on any atom is -0.368 e. The zero-order chi connectivity index (χ0) is 17.2. The van der Waals surface area contributed by atoms with Crippen LogP contribution in [0.15, 0.2) is 24.3 Å². The number of benzene rings is 1. The number of anilines is 1. The van der Waals surface area contributed by atoms with E-state index in [-0.39, 0.29) is 17.8 Å². The van der Waals surface area contributed by atoms with E-state index in [0.717, 1.165) is 42.9 Å². The number of carbonyl (C=O) groups is 1. The molecule has 1 atom stereocenters. The number of rotatable bonds is 4. The topological polar surface area (TPSA) is 54.5 Å². The van der Waals surface area contributed by atoms with Gasteiger partial charge in [-0.15, -0.1) is 11.3 Å². The minimum atomic E-state index is -0.349. The van der Waals surface area contributed by atoms with E-state index in [1.54, 1.807) is 6.07 Å². The second-order valence-electron chi connectivity index (χ2n) is 6.43. The van der Waals surface area contributed by atoms with Gasteiger partial charge in [-0.1, -0.05) is 18.2 Å². The molecule has 1 N–H and O–H groups in total. The average molecular weight is 361 g/mol. The maximum Gasteiger partial charge on any atom is 0.255 e. The first-order chi connectivity index (χ1) is 12.2. The molecule has 3 heterocycles. The van der Waals surface area contributed by atoms with E-state index in [0.29, 0.717) is 23.8 Å². The number of ether oxygens (including phenoxy) is 1. The third kappa shape index (κ3) is 3.73. The Labute approximate surface area is 149 Å². The van der Waals surface area contributed by atoms with E-state index in [1.807, 2.05) is 12.1 Å². The summed E-state index contributed by atoms with van der Waals surface area (Å²) in [6.45, 7) is 2.81. The first-order valence-corrected chi connectivity index (χ1v) is 9.37. The predicted molar refractivity (Wildman–Crippen MR) is 93.9 cm³/mol. The number of nitrogens with one attached hydrogen (secondary N) is 1. The minimum absolute atomic E-state index is 0.105. The van der Waals surface area contributed by atoms with Crippen LogP contribution in [0.25, 0.3) is 0 Å². The van der Waals surface area contributed by atoms with Crippen molar-refractivity contribution in [2.24, 2.45) is 0 Å². The van der Waals surface area contributed by atoms with Gasteiger partial charge in [0.1, 0.15) is 11.9 Å². The van der Waals surface area contributed by atoms with Crippen LogP contribution in [0.1, 0.15) is 29.0 Å². The van der Waals surface area contributed by atoms with Crippen LogP contribution in [-0.2, 0) is 29.0 Å². The van der Waals surface area contributed by atoms with E-state index in [4.69, 9.17) is 4.74 Å². The Bertz CT molecular complexity index is 773. The van der Waals surface area contributed by atoms with Crippen LogP contribution in [-0.4, -0.2) is 35.0 Å². The fraction of sp³-hybridized carbons (Fsp3) is 0.444. The van der Waals surface area contributed by atoms with Crippen molar-refractivity contribution in [3.05, 3.63) is 46.2 Å². The fourth-order valence-corrected chi connectivity index (χ4v) is 4.33. The first kappa shape index (κ1) is 16.6. The van der Waals surface area contributed by atoms with Crippen LogP contribution in [0.3, 0.4) is 0 Å². The van der Waals surface area contributed by atoms with Crippen LogP contribution in [0.4, 0.5) is 9.52 Å². The maximum absolute atomic E-state index is 13.8.